The van der Waals surface area contributed by atoms with Crippen LogP contribution in [-0.4, -0.2) is 19.5 Å². The van der Waals surface area contributed by atoms with E-state index in [1.807, 2.05) is 0 Å². The summed E-state index contributed by atoms with van der Waals surface area (Å²) in [5, 5.41) is 0. The Bertz CT molecular complexity index is 93.4. The lowest BCUT2D eigenvalue weighted by Gasteiger charge is -2.30. The Hall–Kier alpha value is -0.0800. The Morgan fingerprint density at radius 1 is 1.30 bits per heavy atom. The molecule has 1 rings (SSSR count). The summed E-state index contributed by atoms with van der Waals surface area (Å²) in [5.74, 6) is 0.744. The van der Waals surface area contributed by atoms with Gasteiger partial charge in [-0.15, -0.1) is 0 Å². The summed E-state index contributed by atoms with van der Waals surface area (Å²) in [5.41, 5.74) is 0. The molecule has 0 spiro atoms. The maximum absolute atomic E-state index is 5.48. The van der Waals surface area contributed by atoms with Gasteiger partial charge in [0.15, 0.2) is 6.29 Å². The van der Waals surface area contributed by atoms with Crippen LogP contribution < -0.4 is 0 Å². The molecule has 2 nitrogen and oxygen atoms in total. The molecule has 1 heterocycles. The number of hydrogen-bond donors (Lipinski definition) is 0. The van der Waals surface area contributed by atoms with Crippen molar-refractivity contribution >= 4 is 0 Å². The van der Waals surface area contributed by atoms with Crippen LogP contribution in [0.1, 0.15) is 26.7 Å². The quantitative estimate of drug-likeness (QED) is 0.558. The van der Waals surface area contributed by atoms with E-state index < -0.39 is 0 Å². The second kappa shape index (κ2) is 3.35. The van der Waals surface area contributed by atoms with Crippen molar-refractivity contribution in [2.45, 2.75) is 39.1 Å². The third-order valence-corrected chi connectivity index (χ3v) is 1.98. The van der Waals surface area contributed by atoms with Crippen molar-refractivity contribution < 1.29 is 9.47 Å². The first-order valence-corrected chi connectivity index (χ1v) is 3.90. The Balaban J connectivity index is 2.35. The lowest BCUT2D eigenvalue weighted by Crippen LogP contribution is -2.31. The zero-order chi connectivity index (χ0) is 7.56. The zero-order valence-corrected chi connectivity index (χ0v) is 6.96. The molecule has 60 valence electrons. The van der Waals surface area contributed by atoms with Gasteiger partial charge in [-0.3, -0.25) is 0 Å². The minimum Gasteiger partial charge on any atom is -0.356 e. The average Bonchev–Trinajstić information content (AvgIpc) is 1.85. The molecule has 1 aliphatic rings. The van der Waals surface area contributed by atoms with Crippen LogP contribution in [0.2, 0.25) is 0 Å². The van der Waals surface area contributed by atoms with Gasteiger partial charge in [-0.25, -0.2) is 0 Å². The molecule has 0 amide bonds. The standard InChI is InChI=1S/C8H16O2/c1-6-4-7(2)10-8(5-6)9-3/h6-8H,4-5H2,1-3H3/t6-,7?,8-/m1/s1. The fraction of sp³-hybridized carbons (Fsp3) is 1.00. The average molecular weight is 144 g/mol. The summed E-state index contributed by atoms with van der Waals surface area (Å²) < 4.78 is 10.6. The summed E-state index contributed by atoms with van der Waals surface area (Å²) in [7, 11) is 1.70. The van der Waals surface area contributed by atoms with E-state index in [0.29, 0.717) is 6.10 Å². The highest BCUT2D eigenvalue weighted by Gasteiger charge is 2.23. The smallest absolute Gasteiger partial charge is 0.157 e. The lowest BCUT2D eigenvalue weighted by molar-refractivity contribution is -0.186. The van der Waals surface area contributed by atoms with Crippen LogP contribution in [0.15, 0.2) is 0 Å². The van der Waals surface area contributed by atoms with Crippen LogP contribution in [0.4, 0.5) is 0 Å². The number of ether oxygens (including phenoxy) is 2. The third kappa shape index (κ3) is 1.96. The van der Waals surface area contributed by atoms with Crippen molar-refractivity contribution in [3.8, 4) is 0 Å². The van der Waals surface area contributed by atoms with Crippen molar-refractivity contribution in [2.24, 2.45) is 5.92 Å². The molecule has 10 heavy (non-hydrogen) atoms. The van der Waals surface area contributed by atoms with Gasteiger partial charge in [0.05, 0.1) is 6.10 Å². The van der Waals surface area contributed by atoms with E-state index >= 15 is 0 Å². The lowest BCUT2D eigenvalue weighted by atomic mass is 9.98. The molecule has 0 N–H and O–H groups in total. The number of methoxy groups -OCH3 is 1. The maximum Gasteiger partial charge on any atom is 0.157 e. The molecule has 1 fully saturated rings. The summed E-state index contributed by atoms with van der Waals surface area (Å²) in [6.45, 7) is 4.34. The highest BCUT2D eigenvalue weighted by atomic mass is 16.7. The summed E-state index contributed by atoms with van der Waals surface area (Å²) >= 11 is 0. The predicted molar refractivity (Wildman–Crippen MR) is 39.7 cm³/mol. The second-order valence-electron chi connectivity index (χ2n) is 3.19. The molecular formula is C8H16O2. The zero-order valence-electron chi connectivity index (χ0n) is 6.96. The van der Waals surface area contributed by atoms with Gasteiger partial charge in [0.2, 0.25) is 0 Å². The Morgan fingerprint density at radius 2 is 2.00 bits per heavy atom. The van der Waals surface area contributed by atoms with Crippen LogP contribution in [0.3, 0.4) is 0 Å². The molecule has 0 aromatic heterocycles. The fourth-order valence-corrected chi connectivity index (χ4v) is 1.51. The van der Waals surface area contributed by atoms with Crippen LogP contribution in [-0.2, 0) is 9.47 Å². The molecule has 0 aromatic rings. The molecule has 2 heteroatoms. The molecule has 0 radical (unpaired) electrons. The SMILES string of the molecule is CO[C@H]1C[C@H](C)CC(C)O1. The van der Waals surface area contributed by atoms with Gasteiger partial charge >= 0.3 is 0 Å². The van der Waals surface area contributed by atoms with Gasteiger partial charge in [0.25, 0.3) is 0 Å². The van der Waals surface area contributed by atoms with Crippen LogP contribution >= 0.6 is 0 Å². The van der Waals surface area contributed by atoms with Gasteiger partial charge in [-0.2, -0.15) is 0 Å². The van der Waals surface area contributed by atoms with Crippen molar-refractivity contribution in [3.05, 3.63) is 0 Å². The van der Waals surface area contributed by atoms with E-state index in [-0.39, 0.29) is 6.29 Å². The Labute approximate surface area is 62.5 Å². The van der Waals surface area contributed by atoms with Gasteiger partial charge in [-0.1, -0.05) is 6.92 Å². The first kappa shape index (κ1) is 8.02. The van der Waals surface area contributed by atoms with Crippen molar-refractivity contribution in [1.29, 1.82) is 0 Å². The highest BCUT2D eigenvalue weighted by molar-refractivity contribution is 4.67. The topological polar surface area (TPSA) is 18.5 Å². The molecule has 1 unspecified atom stereocenters. The van der Waals surface area contributed by atoms with Gasteiger partial charge in [0, 0.05) is 13.5 Å². The molecule has 3 atom stereocenters. The molecule has 1 aliphatic heterocycles. The Kier molecular flexibility index (Phi) is 2.69. The van der Waals surface area contributed by atoms with Crippen LogP contribution in [0.5, 0.6) is 0 Å². The minimum absolute atomic E-state index is 0.0405. The molecule has 0 aliphatic carbocycles. The molecule has 0 aromatic carbocycles. The largest absolute Gasteiger partial charge is 0.356 e. The van der Waals surface area contributed by atoms with E-state index in [1.165, 1.54) is 6.42 Å². The third-order valence-electron chi connectivity index (χ3n) is 1.98. The Morgan fingerprint density at radius 3 is 2.50 bits per heavy atom. The van der Waals surface area contributed by atoms with Crippen LogP contribution in [0, 0.1) is 5.92 Å². The van der Waals surface area contributed by atoms with Crippen molar-refractivity contribution in [1.82, 2.24) is 0 Å². The van der Waals surface area contributed by atoms with Gasteiger partial charge < -0.3 is 9.47 Å². The van der Waals surface area contributed by atoms with Crippen molar-refractivity contribution in [2.75, 3.05) is 7.11 Å². The van der Waals surface area contributed by atoms with E-state index in [2.05, 4.69) is 13.8 Å². The van der Waals surface area contributed by atoms with Crippen molar-refractivity contribution in [3.63, 3.8) is 0 Å². The molecular weight excluding hydrogens is 128 g/mol. The first-order valence-electron chi connectivity index (χ1n) is 3.90. The second-order valence-corrected chi connectivity index (χ2v) is 3.19. The van der Waals surface area contributed by atoms with E-state index in [4.69, 9.17) is 9.47 Å². The maximum atomic E-state index is 5.48. The highest BCUT2D eigenvalue weighted by Crippen LogP contribution is 2.24. The van der Waals surface area contributed by atoms with Gasteiger partial charge in [0.1, 0.15) is 0 Å². The summed E-state index contributed by atoms with van der Waals surface area (Å²) in [6.07, 6.45) is 2.62. The first-order chi connectivity index (χ1) is 4.72. The predicted octanol–water partition coefficient (Wildman–Crippen LogP) is 1.79. The summed E-state index contributed by atoms with van der Waals surface area (Å²) in [6, 6.07) is 0. The van der Waals surface area contributed by atoms with Crippen LogP contribution in [0.25, 0.3) is 0 Å². The van der Waals surface area contributed by atoms with E-state index in [9.17, 15) is 0 Å². The molecule has 0 saturated carbocycles. The monoisotopic (exact) mass is 144 g/mol. The normalized spacial score (nSPS) is 41.7. The molecule has 1 saturated heterocycles. The number of hydrogen-bond acceptors (Lipinski definition) is 2. The minimum atomic E-state index is 0.0405. The fourth-order valence-electron chi connectivity index (χ4n) is 1.51. The van der Waals surface area contributed by atoms with Gasteiger partial charge in [-0.05, 0) is 19.3 Å². The molecule has 0 bridgehead atoms. The summed E-state index contributed by atoms with van der Waals surface area (Å²) in [4.78, 5) is 0. The van der Waals surface area contributed by atoms with E-state index in [1.54, 1.807) is 7.11 Å². The number of rotatable bonds is 1. The van der Waals surface area contributed by atoms with E-state index in [0.717, 1.165) is 12.3 Å².